The predicted molar refractivity (Wildman–Crippen MR) is 97.0 cm³/mol. The summed E-state index contributed by atoms with van der Waals surface area (Å²) >= 11 is 12.0. The maximum Gasteiger partial charge on any atom is 0.394 e. The van der Waals surface area contributed by atoms with Crippen LogP contribution in [0.15, 0.2) is 17.1 Å². The number of nitrogens with zero attached hydrogens (tertiary/aromatic N) is 1. The molecular weight excluding hydrogens is 411 g/mol. The van der Waals surface area contributed by atoms with Crippen molar-refractivity contribution in [2.75, 3.05) is 24.1 Å². The first kappa shape index (κ1) is 34.8. The molecule has 0 unspecified atom stereocenters. The van der Waals surface area contributed by atoms with E-state index in [9.17, 15) is 0 Å². The zero-order valence-electron chi connectivity index (χ0n) is 12.5. The van der Waals surface area contributed by atoms with Crippen LogP contribution in [0.4, 0.5) is 11.4 Å². The smallest absolute Gasteiger partial charge is 0.394 e. The summed E-state index contributed by atoms with van der Waals surface area (Å²) in [5.41, 5.74) is 6.76. The van der Waals surface area contributed by atoms with E-state index in [1.165, 1.54) is 0 Å². The molecule has 25 heavy (non-hydrogen) atoms. The molecule has 13 nitrogen and oxygen atoms in total. The minimum Gasteiger partial charge on any atom is -0.412 e. The average Bonchev–Trinajstić information content (AvgIpc) is 2.73. The van der Waals surface area contributed by atoms with Gasteiger partial charge in [-0.05, 0) is 12.1 Å². The Morgan fingerprint density at radius 2 is 1.48 bits per heavy atom. The van der Waals surface area contributed by atoms with Crippen molar-refractivity contribution < 1.29 is 44.9 Å². The molecule has 1 aromatic rings. The SMILES string of the molecule is Nc1cc(Cl)c(NC2=NCCN2)c(Cl)c1.O.O.O.O.O.O=S(=O)(O)O. The summed E-state index contributed by atoms with van der Waals surface area (Å²) in [5, 5.41) is 7.05. The van der Waals surface area contributed by atoms with Crippen molar-refractivity contribution in [3.63, 3.8) is 0 Å². The van der Waals surface area contributed by atoms with Gasteiger partial charge in [-0.2, -0.15) is 8.42 Å². The van der Waals surface area contributed by atoms with E-state index in [-0.39, 0.29) is 27.4 Å². The molecule has 0 fully saturated rings. The lowest BCUT2D eigenvalue weighted by Crippen LogP contribution is -2.26. The first-order chi connectivity index (χ1) is 9.16. The Labute approximate surface area is 153 Å². The van der Waals surface area contributed by atoms with Gasteiger partial charge in [-0.15, -0.1) is 0 Å². The zero-order valence-corrected chi connectivity index (χ0v) is 14.8. The Morgan fingerprint density at radius 3 is 1.80 bits per heavy atom. The van der Waals surface area contributed by atoms with Crippen LogP contribution < -0.4 is 16.4 Å². The number of nitrogen functional groups attached to an aromatic ring is 1. The molecule has 0 aromatic heterocycles. The summed E-state index contributed by atoms with van der Waals surface area (Å²) in [5.74, 6) is 0.684. The van der Waals surface area contributed by atoms with E-state index in [1.54, 1.807) is 12.1 Å². The van der Waals surface area contributed by atoms with Gasteiger partial charge in [0.05, 0.1) is 22.3 Å². The van der Waals surface area contributed by atoms with E-state index in [1.807, 2.05) is 0 Å². The molecule has 2 rings (SSSR count). The number of benzene rings is 1. The molecule has 16 N–H and O–H groups in total. The second-order valence-electron chi connectivity index (χ2n) is 3.59. The van der Waals surface area contributed by atoms with Gasteiger partial charge in [0.15, 0.2) is 5.96 Å². The monoisotopic (exact) mass is 432 g/mol. The van der Waals surface area contributed by atoms with Crippen molar-refractivity contribution in [2.24, 2.45) is 4.99 Å². The van der Waals surface area contributed by atoms with Crippen LogP contribution in [0, 0.1) is 0 Å². The summed E-state index contributed by atoms with van der Waals surface area (Å²) in [6.45, 7) is 1.58. The van der Waals surface area contributed by atoms with Crippen LogP contribution in [0.3, 0.4) is 0 Å². The Morgan fingerprint density at radius 1 is 1.08 bits per heavy atom. The van der Waals surface area contributed by atoms with E-state index in [4.69, 9.17) is 46.5 Å². The molecule has 0 saturated carbocycles. The van der Waals surface area contributed by atoms with Gasteiger partial charge >= 0.3 is 10.4 Å². The fraction of sp³-hybridized carbons (Fsp3) is 0.222. The van der Waals surface area contributed by atoms with Gasteiger partial charge in [-0.25, -0.2) is 0 Å². The first-order valence-corrected chi connectivity index (χ1v) is 7.32. The number of hydrogen-bond donors (Lipinski definition) is 5. The molecule has 0 radical (unpaired) electrons. The summed E-state index contributed by atoms with van der Waals surface area (Å²) in [7, 11) is -4.67. The Balaban J connectivity index is -0.000000120. The topological polar surface area (TPSA) is 295 Å². The number of aliphatic imine (C=N–C) groups is 1. The molecule has 0 aliphatic carbocycles. The molecule has 16 heteroatoms. The molecule has 0 amide bonds. The quantitative estimate of drug-likeness (QED) is 0.228. The van der Waals surface area contributed by atoms with Crippen molar-refractivity contribution in [3.8, 4) is 0 Å². The van der Waals surface area contributed by atoms with Crippen molar-refractivity contribution in [1.29, 1.82) is 0 Å². The minimum absolute atomic E-state index is 0. The molecule has 1 aliphatic rings. The van der Waals surface area contributed by atoms with Gasteiger partial charge in [0.1, 0.15) is 0 Å². The highest BCUT2D eigenvalue weighted by Crippen LogP contribution is 2.32. The Hall–Kier alpha value is -1.46. The van der Waals surface area contributed by atoms with Gasteiger partial charge in [-0.3, -0.25) is 14.1 Å². The second kappa shape index (κ2) is 14.8. The van der Waals surface area contributed by atoms with E-state index >= 15 is 0 Å². The van der Waals surface area contributed by atoms with E-state index in [2.05, 4.69) is 15.6 Å². The van der Waals surface area contributed by atoms with Crippen molar-refractivity contribution in [2.45, 2.75) is 0 Å². The first-order valence-electron chi connectivity index (χ1n) is 5.16. The molecule has 0 saturated heterocycles. The van der Waals surface area contributed by atoms with Gasteiger partial charge in [0.25, 0.3) is 0 Å². The average molecular weight is 433 g/mol. The van der Waals surface area contributed by atoms with Crippen LogP contribution in [-0.2, 0) is 10.4 Å². The number of rotatable bonds is 1. The third-order valence-corrected chi connectivity index (χ3v) is 2.58. The summed E-state index contributed by atoms with van der Waals surface area (Å²) in [4.78, 5) is 4.18. The molecule has 0 atom stereocenters. The highest BCUT2D eigenvalue weighted by atomic mass is 35.5. The van der Waals surface area contributed by atoms with E-state index in [0.29, 0.717) is 27.4 Å². The van der Waals surface area contributed by atoms with E-state index in [0.717, 1.165) is 13.1 Å². The lowest BCUT2D eigenvalue weighted by atomic mass is 10.3. The second-order valence-corrected chi connectivity index (χ2v) is 5.30. The highest BCUT2D eigenvalue weighted by molar-refractivity contribution is 7.79. The Bertz CT molecular complexity index is 598. The number of hydrogen-bond acceptors (Lipinski definition) is 6. The highest BCUT2D eigenvalue weighted by Gasteiger charge is 2.11. The maximum atomic E-state index is 8.74. The fourth-order valence-corrected chi connectivity index (χ4v) is 1.91. The number of guanidine groups is 1. The third-order valence-electron chi connectivity index (χ3n) is 1.98. The molecule has 0 bridgehead atoms. The van der Waals surface area contributed by atoms with Crippen LogP contribution in [0.5, 0.6) is 0 Å². The normalized spacial score (nSPS) is 11.1. The number of nitrogens with one attached hydrogen (secondary N) is 2. The summed E-state index contributed by atoms with van der Waals surface area (Å²) in [6.07, 6.45) is 0. The lowest BCUT2D eigenvalue weighted by molar-refractivity contribution is 0.381. The maximum absolute atomic E-state index is 8.74. The van der Waals surface area contributed by atoms with Gasteiger partial charge in [0.2, 0.25) is 0 Å². The number of anilines is 2. The van der Waals surface area contributed by atoms with Crippen LogP contribution >= 0.6 is 23.2 Å². The molecular formula is C9H22Cl2N4O9S. The molecule has 1 heterocycles. The Kier molecular flexibility index (Phi) is 20.7. The van der Waals surface area contributed by atoms with E-state index < -0.39 is 10.4 Å². The molecule has 0 spiro atoms. The lowest BCUT2D eigenvalue weighted by Gasteiger charge is -2.11. The van der Waals surface area contributed by atoms with Crippen LogP contribution in [-0.4, -0.2) is 64.0 Å². The van der Waals surface area contributed by atoms with Gasteiger partial charge < -0.3 is 43.7 Å². The molecule has 1 aromatic carbocycles. The fourth-order valence-electron chi connectivity index (χ4n) is 1.31. The third kappa shape index (κ3) is 14.6. The van der Waals surface area contributed by atoms with Crippen molar-refractivity contribution in [1.82, 2.24) is 5.32 Å². The standard InChI is InChI=1S/C9H10Cl2N4.H2O4S.5H2O/c10-6-3-5(12)4-7(11)8(6)15-9-13-1-2-14-9;1-5(2,3)4;;;;;/h3-4H,1-2,12H2,(H2,13,14,15);(H2,1,2,3,4);5*1H2. The molecule has 152 valence electrons. The summed E-state index contributed by atoms with van der Waals surface area (Å²) < 4.78 is 31.6. The van der Waals surface area contributed by atoms with Gasteiger partial charge in [-0.1, -0.05) is 23.2 Å². The van der Waals surface area contributed by atoms with Crippen LogP contribution in [0.2, 0.25) is 10.0 Å². The number of halogens is 2. The summed E-state index contributed by atoms with van der Waals surface area (Å²) in [6, 6.07) is 3.29. The van der Waals surface area contributed by atoms with Crippen molar-refractivity contribution in [3.05, 3.63) is 22.2 Å². The zero-order chi connectivity index (χ0) is 15.3. The van der Waals surface area contributed by atoms with Crippen LogP contribution in [0.1, 0.15) is 0 Å². The number of nitrogens with two attached hydrogens (primary N) is 1. The van der Waals surface area contributed by atoms with Crippen LogP contribution in [0.25, 0.3) is 0 Å². The van der Waals surface area contributed by atoms with Gasteiger partial charge in [0, 0.05) is 12.2 Å². The van der Waals surface area contributed by atoms with Crippen molar-refractivity contribution >= 4 is 50.9 Å². The molecule has 1 aliphatic heterocycles. The minimum atomic E-state index is -4.67. The predicted octanol–water partition coefficient (Wildman–Crippen LogP) is -2.83. The largest absolute Gasteiger partial charge is 0.412 e.